The Bertz CT molecular complexity index is 1420. The average molecular weight is 579 g/mol. The summed E-state index contributed by atoms with van der Waals surface area (Å²) >= 11 is 0. The van der Waals surface area contributed by atoms with Crippen molar-refractivity contribution in [3.05, 3.63) is 64.6 Å². The number of nitrogens with one attached hydrogen (secondary N) is 1. The van der Waals surface area contributed by atoms with Crippen LogP contribution in [0.25, 0.3) is 0 Å². The third kappa shape index (κ3) is 4.92. The fraction of sp³-hybridized carbons (Fsp3) is 0.469. The molecule has 6 rings (SSSR count). The molecule has 224 valence electrons. The maximum absolute atomic E-state index is 13.4. The quantitative estimate of drug-likeness (QED) is 0.324. The van der Waals surface area contributed by atoms with E-state index in [4.69, 9.17) is 32.8 Å². The molecule has 0 radical (unpaired) electrons. The van der Waals surface area contributed by atoms with Gasteiger partial charge in [-0.1, -0.05) is 13.8 Å². The largest absolute Gasteiger partial charge is 0.493 e. The highest BCUT2D eigenvalue weighted by molar-refractivity contribution is 5.79. The van der Waals surface area contributed by atoms with Gasteiger partial charge in [0.2, 0.25) is 12.5 Å². The van der Waals surface area contributed by atoms with Crippen LogP contribution in [0.2, 0.25) is 0 Å². The number of hydrogen-bond acceptors (Lipinski definition) is 10. The molecule has 42 heavy (non-hydrogen) atoms. The number of furan rings is 1. The average Bonchev–Trinajstić information content (AvgIpc) is 3.76. The second-order valence-corrected chi connectivity index (χ2v) is 10.8. The molecule has 3 aliphatic rings. The van der Waals surface area contributed by atoms with Crippen molar-refractivity contribution in [2.45, 2.75) is 38.9 Å². The molecule has 1 aliphatic carbocycles. The lowest BCUT2D eigenvalue weighted by Crippen LogP contribution is -2.40. The highest BCUT2D eigenvalue weighted by atomic mass is 16.7. The first kappa shape index (κ1) is 28.2. The molecule has 10 heteroatoms. The van der Waals surface area contributed by atoms with Gasteiger partial charge >= 0.3 is 5.97 Å². The van der Waals surface area contributed by atoms with E-state index in [0.717, 1.165) is 47.8 Å². The Hall–Kier alpha value is -3.89. The maximum Gasteiger partial charge on any atom is 0.310 e. The molecule has 2 aliphatic heterocycles. The smallest absolute Gasteiger partial charge is 0.310 e. The number of methoxy groups -OCH3 is 3. The fourth-order valence-corrected chi connectivity index (χ4v) is 6.59. The van der Waals surface area contributed by atoms with Gasteiger partial charge in [0, 0.05) is 17.9 Å². The van der Waals surface area contributed by atoms with Crippen molar-refractivity contribution in [3.8, 4) is 28.7 Å². The molecule has 1 saturated heterocycles. The Kier molecular flexibility index (Phi) is 7.92. The van der Waals surface area contributed by atoms with Crippen LogP contribution in [-0.2, 0) is 22.6 Å². The van der Waals surface area contributed by atoms with Crippen LogP contribution in [-0.4, -0.2) is 58.7 Å². The van der Waals surface area contributed by atoms with Crippen LogP contribution in [0.3, 0.4) is 0 Å². The highest BCUT2D eigenvalue weighted by Gasteiger charge is 2.52. The molecular formula is C32H38N2O8. The van der Waals surface area contributed by atoms with Gasteiger partial charge in [-0.2, -0.15) is 0 Å². The van der Waals surface area contributed by atoms with Crippen molar-refractivity contribution < 1.29 is 37.6 Å². The number of fused-ring (bicyclic) bond motifs is 3. The first-order valence-corrected chi connectivity index (χ1v) is 14.4. The Balaban J connectivity index is 1.39. The predicted octanol–water partition coefficient (Wildman–Crippen LogP) is 4.64. The van der Waals surface area contributed by atoms with Crippen molar-refractivity contribution in [3.63, 3.8) is 0 Å². The lowest BCUT2D eigenvalue weighted by molar-refractivity contribution is -0.141. The Morgan fingerprint density at radius 3 is 2.19 bits per heavy atom. The summed E-state index contributed by atoms with van der Waals surface area (Å²) in [5.41, 5.74) is 2.87. The maximum atomic E-state index is 13.4. The normalized spacial score (nSPS) is 22.1. The van der Waals surface area contributed by atoms with Gasteiger partial charge in [0.25, 0.3) is 0 Å². The molecule has 0 saturated carbocycles. The number of nitrogens with zero attached hydrogens (tertiary/aromatic N) is 1. The molecule has 1 N–H and O–H groups in total. The Labute approximate surface area is 245 Å². The van der Waals surface area contributed by atoms with E-state index in [0.29, 0.717) is 41.9 Å². The molecule has 1 aromatic heterocycles. The molecule has 0 bridgehead atoms. The fourth-order valence-electron chi connectivity index (χ4n) is 6.59. The molecule has 2 aromatic carbocycles. The molecule has 0 spiro atoms. The molecule has 0 unspecified atom stereocenters. The predicted molar refractivity (Wildman–Crippen MR) is 153 cm³/mol. The Morgan fingerprint density at radius 1 is 0.881 bits per heavy atom. The second-order valence-electron chi connectivity index (χ2n) is 10.8. The minimum atomic E-state index is -0.437. The van der Waals surface area contributed by atoms with Crippen molar-refractivity contribution in [2.75, 3.05) is 47.8 Å². The van der Waals surface area contributed by atoms with E-state index in [9.17, 15) is 4.79 Å². The summed E-state index contributed by atoms with van der Waals surface area (Å²) in [4.78, 5) is 15.7. The standard InChI is InChI=1S/C32H38N2O8/c1-6-34(7-2)15-20-9-8-19(42-20)14-33-30-22-13-25-24(40-17-41-25)12-21(22)28(29-23(30)16-39-32(29)35)18-10-26(36-3)31(38-5)27(11-18)37-4/h8-13,23,28-30,33H,6-7,14-17H2,1-5H3/t23-,28+,29-,30+/m0/s1. The van der Waals surface area contributed by atoms with Crippen LogP contribution in [0.5, 0.6) is 28.7 Å². The van der Waals surface area contributed by atoms with Crippen molar-refractivity contribution >= 4 is 5.97 Å². The number of carbonyl (C=O) groups is 1. The van der Waals surface area contributed by atoms with E-state index in [1.165, 1.54) is 0 Å². The lowest BCUT2D eigenvalue weighted by Gasteiger charge is -2.39. The van der Waals surface area contributed by atoms with Gasteiger partial charge < -0.3 is 38.2 Å². The van der Waals surface area contributed by atoms with Crippen molar-refractivity contribution in [1.82, 2.24) is 10.2 Å². The summed E-state index contributed by atoms with van der Waals surface area (Å²) in [6.45, 7) is 7.95. The van der Waals surface area contributed by atoms with Gasteiger partial charge in [0.05, 0.1) is 46.9 Å². The van der Waals surface area contributed by atoms with E-state index in [1.807, 2.05) is 36.4 Å². The van der Waals surface area contributed by atoms with Gasteiger partial charge in [0.15, 0.2) is 23.0 Å². The number of benzene rings is 2. The summed E-state index contributed by atoms with van der Waals surface area (Å²) in [6.07, 6.45) is 0. The summed E-state index contributed by atoms with van der Waals surface area (Å²) < 4.78 is 40.4. The van der Waals surface area contributed by atoms with Crippen LogP contribution in [0, 0.1) is 11.8 Å². The third-order valence-electron chi connectivity index (χ3n) is 8.72. The molecule has 3 aromatic rings. The number of hydrogen-bond donors (Lipinski definition) is 1. The minimum Gasteiger partial charge on any atom is -0.493 e. The second kappa shape index (κ2) is 11.8. The summed E-state index contributed by atoms with van der Waals surface area (Å²) in [7, 11) is 4.74. The number of rotatable bonds is 11. The van der Waals surface area contributed by atoms with Gasteiger partial charge in [-0.05, 0) is 66.2 Å². The molecular weight excluding hydrogens is 540 g/mol. The van der Waals surface area contributed by atoms with Gasteiger partial charge in [0.1, 0.15) is 11.5 Å². The Morgan fingerprint density at radius 2 is 1.55 bits per heavy atom. The zero-order valence-electron chi connectivity index (χ0n) is 24.7. The third-order valence-corrected chi connectivity index (χ3v) is 8.72. The summed E-state index contributed by atoms with van der Waals surface area (Å²) in [6, 6.07) is 11.7. The summed E-state index contributed by atoms with van der Waals surface area (Å²) in [5, 5.41) is 3.70. The zero-order chi connectivity index (χ0) is 29.4. The number of ether oxygens (including phenoxy) is 6. The van der Waals surface area contributed by atoms with Crippen molar-refractivity contribution in [2.24, 2.45) is 11.8 Å². The van der Waals surface area contributed by atoms with E-state index in [1.54, 1.807) is 21.3 Å². The van der Waals surface area contributed by atoms with Gasteiger partial charge in [-0.15, -0.1) is 0 Å². The number of esters is 1. The molecule has 10 nitrogen and oxygen atoms in total. The minimum absolute atomic E-state index is 0.125. The highest BCUT2D eigenvalue weighted by Crippen LogP contribution is 2.55. The van der Waals surface area contributed by atoms with Crippen molar-refractivity contribution in [1.29, 1.82) is 0 Å². The molecule has 4 atom stereocenters. The van der Waals surface area contributed by atoms with E-state index < -0.39 is 5.92 Å². The topological polar surface area (TPSA) is 101 Å². The first-order chi connectivity index (χ1) is 20.5. The number of carbonyl (C=O) groups excluding carboxylic acids is 1. The zero-order valence-corrected chi connectivity index (χ0v) is 24.7. The van der Waals surface area contributed by atoms with E-state index in [2.05, 4.69) is 24.1 Å². The monoisotopic (exact) mass is 578 g/mol. The van der Waals surface area contributed by atoms with E-state index >= 15 is 0 Å². The van der Waals surface area contributed by atoms with Gasteiger partial charge in [-0.3, -0.25) is 9.69 Å². The molecule has 0 amide bonds. The van der Waals surface area contributed by atoms with Crippen LogP contribution >= 0.6 is 0 Å². The van der Waals surface area contributed by atoms with Gasteiger partial charge in [-0.25, -0.2) is 0 Å². The summed E-state index contributed by atoms with van der Waals surface area (Å²) in [5.74, 6) is 3.54. The van der Waals surface area contributed by atoms with Crippen LogP contribution in [0.4, 0.5) is 0 Å². The van der Waals surface area contributed by atoms with Crippen LogP contribution in [0.1, 0.15) is 54.0 Å². The van der Waals surface area contributed by atoms with E-state index in [-0.39, 0.29) is 30.6 Å². The van der Waals surface area contributed by atoms with Crippen LogP contribution < -0.4 is 29.0 Å². The first-order valence-electron chi connectivity index (χ1n) is 14.4. The lowest BCUT2D eigenvalue weighted by atomic mass is 9.65. The SMILES string of the molecule is CCN(CC)Cc1ccc(CN[C@@H]2c3cc4c(cc3[C@@H](c3cc(OC)c(OC)c(OC)c3)[C@H]3C(=O)OC[C@@H]32)OCO4)o1. The van der Waals surface area contributed by atoms with Crippen LogP contribution in [0.15, 0.2) is 40.8 Å². The number of cyclic esters (lactones) is 1. The molecule has 1 fully saturated rings. The molecule has 3 heterocycles.